The lowest BCUT2D eigenvalue weighted by Crippen LogP contribution is -2.25. The first kappa shape index (κ1) is 19.5. The molecule has 10 heteroatoms. The van der Waals surface area contributed by atoms with E-state index in [0.29, 0.717) is 6.07 Å². The second-order valence-electron chi connectivity index (χ2n) is 6.07. The second-order valence-corrected chi connectivity index (χ2v) is 8.16. The van der Waals surface area contributed by atoms with Gasteiger partial charge in [-0.15, -0.1) is 0 Å². The third-order valence-corrected chi connectivity index (χ3v) is 5.50. The summed E-state index contributed by atoms with van der Waals surface area (Å²) >= 11 is 5.58. The Hall–Kier alpha value is -2.26. The molecular formula is C17H14ClF3N2O3S. The first-order valence-electron chi connectivity index (χ1n) is 7.87. The minimum atomic E-state index is -4.90. The molecule has 1 aliphatic rings. The molecular weight excluding hydrogens is 405 g/mol. The molecule has 2 aromatic carbocycles. The van der Waals surface area contributed by atoms with Gasteiger partial charge in [0.15, 0.2) is 0 Å². The Balaban J connectivity index is 1.90. The van der Waals surface area contributed by atoms with Crippen LogP contribution in [0, 0.1) is 0 Å². The predicted octanol–water partition coefficient (Wildman–Crippen LogP) is 4.05. The van der Waals surface area contributed by atoms with Crippen molar-refractivity contribution in [2.75, 3.05) is 4.72 Å². The number of sulfonamides is 1. The SMILES string of the molecule is O=C(NC1CC1)c1cccc(NS(=O)(=O)c2ccc(Cl)cc2C(F)(F)F)c1. The van der Waals surface area contributed by atoms with Crippen molar-refractivity contribution in [1.29, 1.82) is 0 Å². The molecule has 1 saturated carbocycles. The Morgan fingerprint density at radius 3 is 2.44 bits per heavy atom. The number of alkyl halides is 3. The molecule has 0 unspecified atom stereocenters. The number of carbonyl (C=O) groups excluding carboxylic acids is 1. The van der Waals surface area contributed by atoms with Crippen molar-refractivity contribution in [3.05, 3.63) is 58.6 Å². The number of rotatable bonds is 5. The summed E-state index contributed by atoms with van der Waals surface area (Å²) < 4.78 is 66.6. The smallest absolute Gasteiger partial charge is 0.349 e. The van der Waals surface area contributed by atoms with Gasteiger partial charge in [0.25, 0.3) is 15.9 Å². The number of amides is 1. The lowest BCUT2D eigenvalue weighted by atomic mass is 10.2. The van der Waals surface area contributed by atoms with E-state index in [9.17, 15) is 26.4 Å². The zero-order chi connectivity index (χ0) is 19.8. The summed E-state index contributed by atoms with van der Waals surface area (Å²) in [5.41, 5.74) is -1.19. The molecule has 0 bridgehead atoms. The Kier molecular flexibility index (Phi) is 5.09. The van der Waals surface area contributed by atoms with Crippen LogP contribution in [0.4, 0.5) is 18.9 Å². The van der Waals surface area contributed by atoms with Gasteiger partial charge in [-0.05, 0) is 49.2 Å². The number of hydrogen-bond acceptors (Lipinski definition) is 3. The molecule has 1 fully saturated rings. The fourth-order valence-corrected chi connectivity index (χ4v) is 3.82. The molecule has 1 aliphatic carbocycles. The normalized spacial score (nSPS) is 14.7. The van der Waals surface area contributed by atoms with Crippen LogP contribution in [0.1, 0.15) is 28.8 Å². The van der Waals surface area contributed by atoms with Crippen molar-refractivity contribution in [1.82, 2.24) is 5.32 Å². The third kappa shape index (κ3) is 4.72. The van der Waals surface area contributed by atoms with Gasteiger partial charge >= 0.3 is 6.18 Å². The van der Waals surface area contributed by atoms with Crippen LogP contribution >= 0.6 is 11.6 Å². The summed E-state index contributed by atoms with van der Waals surface area (Å²) in [5.74, 6) is -0.374. The molecule has 2 aromatic rings. The van der Waals surface area contributed by atoms with Crippen molar-refractivity contribution >= 4 is 33.2 Å². The van der Waals surface area contributed by atoms with E-state index in [1.165, 1.54) is 24.3 Å². The van der Waals surface area contributed by atoms with E-state index in [2.05, 4.69) is 10.0 Å². The maximum atomic E-state index is 13.2. The lowest BCUT2D eigenvalue weighted by Gasteiger charge is -2.15. The van der Waals surface area contributed by atoms with E-state index >= 15 is 0 Å². The minimum absolute atomic E-state index is 0.0264. The fraction of sp³-hybridized carbons (Fsp3) is 0.235. The largest absolute Gasteiger partial charge is 0.417 e. The summed E-state index contributed by atoms with van der Waals surface area (Å²) in [4.78, 5) is 11.1. The van der Waals surface area contributed by atoms with E-state index in [4.69, 9.17) is 11.6 Å². The van der Waals surface area contributed by atoms with Crippen LogP contribution < -0.4 is 10.0 Å². The van der Waals surface area contributed by atoms with Gasteiger partial charge in [-0.1, -0.05) is 17.7 Å². The van der Waals surface area contributed by atoms with E-state index in [1.54, 1.807) is 0 Å². The van der Waals surface area contributed by atoms with Gasteiger partial charge in [-0.25, -0.2) is 8.42 Å². The first-order valence-corrected chi connectivity index (χ1v) is 9.73. The number of anilines is 1. The van der Waals surface area contributed by atoms with Crippen molar-refractivity contribution in [2.45, 2.75) is 30.0 Å². The predicted molar refractivity (Wildman–Crippen MR) is 94.2 cm³/mol. The zero-order valence-corrected chi connectivity index (χ0v) is 15.3. The number of carbonyl (C=O) groups is 1. The fourth-order valence-electron chi connectivity index (χ4n) is 2.39. The van der Waals surface area contributed by atoms with Gasteiger partial charge in [0, 0.05) is 22.3 Å². The highest BCUT2D eigenvalue weighted by molar-refractivity contribution is 7.92. The summed E-state index contributed by atoms with van der Waals surface area (Å²) in [6, 6.07) is 8.04. The van der Waals surface area contributed by atoms with Gasteiger partial charge in [-0.2, -0.15) is 13.2 Å². The van der Waals surface area contributed by atoms with Crippen LogP contribution in [0.2, 0.25) is 5.02 Å². The highest BCUT2D eigenvalue weighted by Gasteiger charge is 2.37. The van der Waals surface area contributed by atoms with Crippen molar-refractivity contribution in [2.24, 2.45) is 0 Å². The maximum absolute atomic E-state index is 13.2. The molecule has 27 heavy (non-hydrogen) atoms. The molecule has 0 radical (unpaired) electrons. The van der Waals surface area contributed by atoms with Gasteiger partial charge in [0.05, 0.1) is 10.5 Å². The van der Waals surface area contributed by atoms with Crippen LogP contribution in [-0.4, -0.2) is 20.4 Å². The van der Waals surface area contributed by atoms with Crippen LogP contribution in [0.15, 0.2) is 47.4 Å². The van der Waals surface area contributed by atoms with E-state index < -0.39 is 26.7 Å². The van der Waals surface area contributed by atoms with E-state index in [-0.39, 0.29) is 28.2 Å². The summed E-state index contributed by atoms with van der Waals surface area (Å²) in [5, 5.41) is 2.51. The zero-order valence-electron chi connectivity index (χ0n) is 13.7. The minimum Gasteiger partial charge on any atom is -0.349 e. The Morgan fingerprint density at radius 2 is 1.81 bits per heavy atom. The average molecular weight is 419 g/mol. The Labute approximate surface area is 158 Å². The lowest BCUT2D eigenvalue weighted by molar-refractivity contribution is -0.139. The molecule has 1 amide bonds. The molecule has 0 atom stereocenters. The molecule has 0 aliphatic heterocycles. The third-order valence-electron chi connectivity index (χ3n) is 3.83. The number of hydrogen-bond donors (Lipinski definition) is 2. The van der Waals surface area contributed by atoms with Crippen molar-refractivity contribution in [3.8, 4) is 0 Å². The van der Waals surface area contributed by atoms with Crippen molar-refractivity contribution in [3.63, 3.8) is 0 Å². The van der Waals surface area contributed by atoms with Gasteiger partial charge in [-0.3, -0.25) is 9.52 Å². The molecule has 0 saturated heterocycles. The van der Waals surface area contributed by atoms with Crippen LogP contribution in [0.25, 0.3) is 0 Å². The Bertz CT molecular complexity index is 989. The quantitative estimate of drug-likeness (QED) is 0.769. The number of benzene rings is 2. The first-order chi connectivity index (χ1) is 12.6. The molecule has 2 N–H and O–H groups in total. The highest BCUT2D eigenvalue weighted by atomic mass is 35.5. The van der Waals surface area contributed by atoms with Gasteiger partial charge < -0.3 is 5.32 Å². The summed E-state index contributed by atoms with van der Waals surface area (Å²) in [6.45, 7) is 0. The highest BCUT2D eigenvalue weighted by Crippen LogP contribution is 2.36. The molecule has 0 spiro atoms. The Morgan fingerprint density at radius 1 is 1.11 bits per heavy atom. The van der Waals surface area contributed by atoms with Crippen molar-refractivity contribution < 1.29 is 26.4 Å². The topological polar surface area (TPSA) is 75.3 Å². The maximum Gasteiger partial charge on any atom is 0.417 e. The summed E-state index contributed by atoms with van der Waals surface area (Å²) in [7, 11) is -4.56. The molecule has 0 heterocycles. The van der Waals surface area contributed by atoms with E-state index in [0.717, 1.165) is 25.0 Å². The monoisotopic (exact) mass is 418 g/mol. The van der Waals surface area contributed by atoms with Crippen LogP contribution in [0.5, 0.6) is 0 Å². The molecule has 144 valence electrons. The number of halogens is 4. The van der Waals surface area contributed by atoms with Gasteiger partial charge in [0.2, 0.25) is 0 Å². The molecule has 5 nitrogen and oxygen atoms in total. The average Bonchev–Trinajstić information content (AvgIpc) is 3.37. The molecule has 0 aromatic heterocycles. The van der Waals surface area contributed by atoms with Crippen LogP contribution in [0.3, 0.4) is 0 Å². The van der Waals surface area contributed by atoms with E-state index in [1.807, 2.05) is 0 Å². The molecule has 3 rings (SSSR count). The standard InChI is InChI=1S/C17H14ClF3N2O3S/c18-11-4-7-15(14(9-11)17(19,20)21)27(25,26)23-13-3-1-2-10(8-13)16(24)22-12-5-6-12/h1-4,7-9,12,23H,5-6H2,(H,22,24). The van der Waals surface area contributed by atoms with Crippen LogP contribution in [-0.2, 0) is 16.2 Å². The van der Waals surface area contributed by atoms with Gasteiger partial charge in [0.1, 0.15) is 0 Å². The summed E-state index contributed by atoms with van der Waals surface area (Å²) in [6.07, 6.45) is -3.13. The second kappa shape index (κ2) is 7.05. The number of nitrogens with one attached hydrogen (secondary N) is 2.